The van der Waals surface area contributed by atoms with Gasteiger partial charge in [-0.15, -0.1) is 0 Å². The van der Waals surface area contributed by atoms with E-state index in [0.717, 1.165) is 38.5 Å². The fraction of sp³-hybridized carbons (Fsp3) is 0.857. The van der Waals surface area contributed by atoms with Gasteiger partial charge in [-0.25, -0.2) is 4.79 Å². The average Bonchev–Trinajstić information content (AvgIpc) is 2.40. The van der Waals surface area contributed by atoms with Gasteiger partial charge < -0.3 is 20.4 Å². The molecule has 2 fully saturated rings. The molecule has 20 heavy (non-hydrogen) atoms. The van der Waals surface area contributed by atoms with Gasteiger partial charge in [0.1, 0.15) is 0 Å². The normalized spacial score (nSPS) is 24.9. The Labute approximate surface area is 119 Å². The third-order valence-electron chi connectivity index (χ3n) is 4.65. The van der Waals surface area contributed by atoms with E-state index >= 15 is 0 Å². The summed E-state index contributed by atoms with van der Waals surface area (Å²) < 4.78 is 0. The summed E-state index contributed by atoms with van der Waals surface area (Å²) in [6.07, 6.45) is 5.72. The zero-order valence-corrected chi connectivity index (χ0v) is 11.8. The highest BCUT2D eigenvalue weighted by molar-refractivity contribution is 5.75. The second-order valence-electron chi connectivity index (χ2n) is 6.11. The van der Waals surface area contributed by atoms with Crippen molar-refractivity contribution in [2.45, 2.75) is 51.0 Å². The molecule has 1 aliphatic carbocycles. The largest absolute Gasteiger partial charge is 0.481 e. The van der Waals surface area contributed by atoms with Crippen molar-refractivity contribution in [2.24, 2.45) is 5.41 Å². The number of likely N-dealkylation sites (tertiary alicyclic amines) is 1. The maximum atomic E-state index is 12.2. The molecule has 1 aliphatic heterocycles. The zero-order chi connectivity index (χ0) is 14.6. The number of hydrogen-bond acceptors (Lipinski definition) is 3. The predicted molar refractivity (Wildman–Crippen MR) is 73.4 cm³/mol. The van der Waals surface area contributed by atoms with Crippen molar-refractivity contribution in [3.63, 3.8) is 0 Å². The van der Waals surface area contributed by atoms with Crippen LogP contribution in [-0.4, -0.2) is 52.9 Å². The molecule has 6 heteroatoms. The van der Waals surface area contributed by atoms with Crippen molar-refractivity contribution >= 4 is 12.0 Å². The van der Waals surface area contributed by atoms with Crippen molar-refractivity contribution in [2.75, 3.05) is 19.7 Å². The summed E-state index contributed by atoms with van der Waals surface area (Å²) in [6.45, 7) is 1.09. The number of nitrogens with zero attached hydrogens (tertiary/aromatic N) is 1. The lowest BCUT2D eigenvalue weighted by molar-refractivity contribution is -0.141. The summed E-state index contributed by atoms with van der Waals surface area (Å²) >= 11 is 0. The smallest absolute Gasteiger partial charge is 0.317 e. The van der Waals surface area contributed by atoms with Crippen LogP contribution in [0, 0.1) is 5.41 Å². The predicted octanol–water partition coefficient (Wildman–Crippen LogP) is 1.19. The molecule has 1 unspecified atom stereocenters. The van der Waals surface area contributed by atoms with Crippen molar-refractivity contribution in [1.29, 1.82) is 0 Å². The molecule has 2 amide bonds. The number of carboxylic acids is 1. The molecule has 0 bridgehead atoms. The highest BCUT2D eigenvalue weighted by atomic mass is 16.4. The number of carboxylic acid groups (broad SMARTS) is 1. The Morgan fingerprint density at radius 1 is 1.25 bits per heavy atom. The summed E-state index contributed by atoms with van der Waals surface area (Å²) in [5.41, 5.74) is -0.258. The maximum absolute atomic E-state index is 12.2. The second kappa shape index (κ2) is 6.43. The van der Waals surface area contributed by atoms with Gasteiger partial charge in [-0.1, -0.05) is 6.42 Å². The minimum atomic E-state index is -0.801. The lowest BCUT2D eigenvalue weighted by Crippen LogP contribution is -2.53. The third kappa shape index (κ3) is 3.42. The van der Waals surface area contributed by atoms with Crippen LogP contribution in [0.1, 0.15) is 44.9 Å². The van der Waals surface area contributed by atoms with Crippen LogP contribution in [0.15, 0.2) is 0 Å². The molecule has 1 atom stereocenters. The first-order valence-corrected chi connectivity index (χ1v) is 7.43. The van der Waals surface area contributed by atoms with Crippen LogP contribution in [0.2, 0.25) is 0 Å². The van der Waals surface area contributed by atoms with E-state index in [-0.39, 0.29) is 30.5 Å². The molecule has 114 valence electrons. The third-order valence-corrected chi connectivity index (χ3v) is 4.65. The van der Waals surface area contributed by atoms with E-state index in [9.17, 15) is 14.7 Å². The molecule has 6 nitrogen and oxygen atoms in total. The molecule has 0 aromatic rings. The molecule has 0 aromatic carbocycles. The number of rotatable bonds is 5. The van der Waals surface area contributed by atoms with Crippen molar-refractivity contribution in [1.82, 2.24) is 10.2 Å². The van der Waals surface area contributed by atoms with Gasteiger partial charge >= 0.3 is 12.0 Å². The van der Waals surface area contributed by atoms with Crippen molar-refractivity contribution in [3.8, 4) is 0 Å². The van der Waals surface area contributed by atoms with E-state index in [4.69, 9.17) is 5.11 Å². The quantitative estimate of drug-likeness (QED) is 0.707. The SMILES string of the molecule is O=C(O)CC1(CNC(=O)N2CCCCC2CO)CCC1. The summed E-state index contributed by atoms with van der Waals surface area (Å²) in [4.78, 5) is 24.8. The van der Waals surface area contributed by atoms with E-state index < -0.39 is 5.97 Å². The van der Waals surface area contributed by atoms with Gasteiger partial charge in [0.2, 0.25) is 0 Å². The first-order chi connectivity index (χ1) is 9.56. The molecule has 0 radical (unpaired) electrons. The first kappa shape index (κ1) is 15.1. The Hall–Kier alpha value is -1.30. The van der Waals surface area contributed by atoms with Crippen molar-refractivity contribution < 1.29 is 19.8 Å². The number of aliphatic carboxylic acids is 1. The van der Waals surface area contributed by atoms with Crippen LogP contribution >= 0.6 is 0 Å². The molecular weight excluding hydrogens is 260 g/mol. The molecule has 1 heterocycles. The average molecular weight is 284 g/mol. The topological polar surface area (TPSA) is 89.9 Å². The van der Waals surface area contributed by atoms with Gasteiger partial charge in [-0.2, -0.15) is 0 Å². The lowest BCUT2D eigenvalue weighted by atomic mass is 9.66. The number of amides is 2. The highest BCUT2D eigenvalue weighted by Crippen LogP contribution is 2.43. The number of carbonyl (C=O) groups excluding carboxylic acids is 1. The molecule has 2 rings (SSSR count). The summed E-state index contributed by atoms with van der Waals surface area (Å²) in [5.74, 6) is -0.801. The Balaban J connectivity index is 1.86. The fourth-order valence-electron chi connectivity index (χ4n) is 3.24. The lowest BCUT2D eigenvalue weighted by Gasteiger charge is -2.42. The minimum absolute atomic E-state index is 0.00626. The maximum Gasteiger partial charge on any atom is 0.317 e. The van der Waals surface area contributed by atoms with Gasteiger partial charge in [0.25, 0.3) is 0 Å². The first-order valence-electron chi connectivity index (χ1n) is 7.43. The van der Waals surface area contributed by atoms with Crippen molar-refractivity contribution in [3.05, 3.63) is 0 Å². The van der Waals surface area contributed by atoms with Gasteiger partial charge in [0.05, 0.1) is 19.1 Å². The molecule has 0 aromatic heterocycles. The van der Waals surface area contributed by atoms with E-state index in [2.05, 4.69) is 5.32 Å². The Morgan fingerprint density at radius 3 is 2.55 bits per heavy atom. The Bertz CT molecular complexity index is 368. The summed E-state index contributed by atoms with van der Waals surface area (Å²) in [5, 5.41) is 21.1. The number of urea groups is 1. The molecule has 0 spiro atoms. The summed E-state index contributed by atoms with van der Waals surface area (Å²) in [6, 6.07) is -0.263. The monoisotopic (exact) mass is 284 g/mol. The van der Waals surface area contributed by atoms with Crippen LogP contribution < -0.4 is 5.32 Å². The molecule has 1 saturated heterocycles. The van der Waals surface area contributed by atoms with Gasteiger partial charge in [0, 0.05) is 13.1 Å². The zero-order valence-electron chi connectivity index (χ0n) is 11.8. The van der Waals surface area contributed by atoms with E-state index in [1.54, 1.807) is 4.90 Å². The summed E-state index contributed by atoms with van der Waals surface area (Å²) in [7, 11) is 0. The molecule has 3 N–H and O–H groups in total. The number of hydrogen-bond donors (Lipinski definition) is 3. The van der Waals surface area contributed by atoms with Crippen LogP contribution in [0.25, 0.3) is 0 Å². The number of nitrogens with one attached hydrogen (secondary N) is 1. The van der Waals surface area contributed by atoms with Crippen LogP contribution in [0.5, 0.6) is 0 Å². The molecule has 1 saturated carbocycles. The van der Waals surface area contributed by atoms with Crippen LogP contribution in [0.4, 0.5) is 4.79 Å². The minimum Gasteiger partial charge on any atom is -0.481 e. The van der Waals surface area contributed by atoms with Gasteiger partial charge in [-0.3, -0.25) is 4.79 Å². The van der Waals surface area contributed by atoms with E-state index in [0.29, 0.717) is 13.1 Å². The van der Waals surface area contributed by atoms with Crippen LogP contribution in [-0.2, 0) is 4.79 Å². The fourth-order valence-corrected chi connectivity index (χ4v) is 3.24. The Morgan fingerprint density at radius 2 is 2.00 bits per heavy atom. The number of piperidine rings is 1. The number of aliphatic hydroxyl groups excluding tert-OH is 1. The van der Waals surface area contributed by atoms with E-state index in [1.165, 1.54) is 0 Å². The molecule has 2 aliphatic rings. The standard InChI is InChI=1S/C14H24N2O4/c17-9-11-4-1-2-7-16(11)13(20)15-10-14(5-3-6-14)8-12(18)19/h11,17H,1-10H2,(H,15,20)(H,18,19). The van der Waals surface area contributed by atoms with Gasteiger partial charge in [0.15, 0.2) is 0 Å². The van der Waals surface area contributed by atoms with Crippen LogP contribution in [0.3, 0.4) is 0 Å². The number of carbonyl (C=O) groups is 2. The van der Waals surface area contributed by atoms with Gasteiger partial charge in [-0.05, 0) is 37.5 Å². The highest BCUT2D eigenvalue weighted by Gasteiger charge is 2.39. The second-order valence-corrected chi connectivity index (χ2v) is 6.11. The van der Waals surface area contributed by atoms with E-state index in [1.807, 2.05) is 0 Å². The Kier molecular flexibility index (Phi) is 4.86. The molecular formula is C14H24N2O4. The number of aliphatic hydroxyl groups is 1.